The third-order valence-electron chi connectivity index (χ3n) is 3.30. The number of hydrogen-bond donors (Lipinski definition) is 1. The van der Waals surface area contributed by atoms with Gasteiger partial charge < -0.3 is 0 Å². The predicted molar refractivity (Wildman–Crippen MR) is 96.1 cm³/mol. The molecule has 0 aliphatic carbocycles. The van der Waals surface area contributed by atoms with E-state index in [9.17, 15) is 4.79 Å². The maximum Gasteiger partial charge on any atom is 0.248 e. The first-order valence-electron chi connectivity index (χ1n) is 7.31. The number of benzene rings is 1. The van der Waals surface area contributed by atoms with E-state index >= 15 is 0 Å². The van der Waals surface area contributed by atoms with Crippen LogP contribution in [0.1, 0.15) is 12.0 Å². The summed E-state index contributed by atoms with van der Waals surface area (Å²) in [4.78, 5) is 16.0. The van der Waals surface area contributed by atoms with Crippen LogP contribution in [0.25, 0.3) is 0 Å². The summed E-state index contributed by atoms with van der Waals surface area (Å²) >= 11 is 17.8. The fourth-order valence-electron chi connectivity index (χ4n) is 2.12. The minimum Gasteiger partial charge on any atom is -0.293 e. The lowest BCUT2D eigenvalue weighted by molar-refractivity contribution is -0.116. The summed E-state index contributed by atoms with van der Waals surface area (Å²) in [6, 6.07) is 5.24. The molecule has 3 aromatic rings. The fourth-order valence-corrected chi connectivity index (χ4v) is 2.74. The van der Waals surface area contributed by atoms with Gasteiger partial charge in [0.15, 0.2) is 0 Å². The fraction of sp³-hybridized carbons (Fsp3) is 0.200. The number of hydrogen-bond acceptors (Lipinski definition) is 4. The second kappa shape index (κ2) is 7.86. The number of nitrogens with zero attached hydrogens (tertiary/aromatic N) is 5. The number of rotatable bonds is 6. The Morgan fingerprint density at radius 1 is 1.16 bits per heavy atom. The van der Waals surface area contributed by atoms with Crippen molar-refractivity contribution in [3.8, 4) is 0 Å². The van der Waals surface area contributed by atoms with E-state index in [1.54, 1.807) is 27.7 Å². The molecular formula is C15H13Cl3N6O. The molecule has 0 aliphatic rings. The Hall–Kier alpha value is -2.09. The van der Waals surface area contributed by atoms with E-state index in [-0.39, 0.29) is 18.3 Å². The third kappa shape index (κ3) is 4.94. The molecule has 0 bridgehead atoms. The number of halogens is 3. The van der Waals surface area contributed by atoms with Gasteiger partial charge in [-0.15, -0.1) is 5.10 Å². The van der Waals surface area contributed by atoms with Crippen LogP contribution < -0.4 is 5.32 Å². The first kappa shape index (κ1) is 17.7. The van der Waals surface area contributed by atoms with Crippen LogP contribution in [-0.4, -0.2) is 30.5 Å². The number of anilines is 1. The second-order valence-electron chi connectivity index (χ2n) is 5.22. The molecule has 0 radical (unpaired) electrons. The van der Waals surface area contributed by atoms with Crippen LogP contribution in [0.4, 0.5) is 5.95 Å². The number of carbonyl (C=O) groups is 1. The van der Waals surface area contributed by atoms with Gasteiger partial charge in [0.05, 0.1) is 17.8 Å². The van der Waals surface area contributed by atoms with Crippen LogP contribution in [0.5, 0.6) is 0 Å². The zero-order valence-corrected chi connectivity index (χ0v) is 15.1. The van der Waals surface area contributed by atoms with E-state index in [0.717, 1.165) is 5.56 Å². The molecule has 0 unspecified atom stereocenters. The monoisotopic (exact) mass is 398 g/mol. The van der Waals surface area contributed by atoms with Gasteiger partial charge in [0, 0.05) is 29.2 Å². The molecule has 7 nitrogen and oxygen atoms in total. The molecule has 3 rings (SSSR count). The van der Waals surface area contributed by atoms with Crippen molar-refractivity contribution in [1.82, 2.24) is 24.5 Å². The molecule has 10 heteroatoms. The van der Waals surface area contributed by atoms with Gasteiger partial charge in [0.1, 0.15) is 6.33 Å². The summed E-state index contributed by atoms with van der Waals surface area (Å²) in [7, 11) is 0. The molecule has 1 N–H and O–H groups in total. The number of amides is 1. The van der Waals surface area contributed by atoms with Crippen LogP contribution >= 0.6 is 34.8 Å². The van der Waals surface area contributed by atoms with E-state index in [1.807, 2.05) is 6.07 Å². The van der Waals surface area contributed by atoms with E-state index in [1.165, 1.54) is 12.5 Å². The highest BCUT2D eigenvalue weighted by Crippen LogP contribution is 2.21. The van der Waals surface area contributed by atoms with Gasteiger partial charge >= 0.3 is 0 Å². The predicted octanol–water partition coefficient (Wildman–Crippen LogP) is 3.51. The van der Waals surface area contributed by atoms with Crippen LogP contribution in [0.3, 0.4) is 0 Å². The molecule has 2 heterocycles. The number of nitrogens with one attached hydrogen (secondary N) is 1. The minimum absolute atomic E-state index is 0.214. The van der Waals surface area contributed by atoms with Gasteiger partial charge in [0.25, 0.3) is 0 Å². The molecule has 0 spiro atoms. The zero-order valence-electron chi connectivity index (χ0n) is 12.9. The molecule has 0 atom stereocenters. The van der Waals surface area contributed by atoms with Gasteiger partial charge in [-0.2, -0.15) is 5.10 Å². The Labute approximate surface area is 158 Å². The van der Waals surface area contributed by atoms with Crippen molar-refractivity contribution < 1.29 is 4.79 Å². The van der Waals surface area contributed by atoms with Crippen LogP contribution in [0.2, 0.25) is 15.1 Å². The Balaban J connectivity index is 1.55. The highest BCUT2D eigenvalue weighted by molar-refractivity contribution is 6.35. The van der Waals surface area contributed by atoms with E-state index in [2.05, 4.69) is 20.5 Å². The van der Waals surface area contributed by atoms with Gasteiger partial charge in [0.2, 0.25) is 11.9 Å². The smallest absolute Gasteiger partial charge is 0.248 e. The molecule has 2 aromatic heterocycles. The lowest BCUT2D eigenvalue weighted by Gasteiger charge is -2.04. The van der Waals surface area contributed by atoms with Gasteiger partial charge in [-0.3, -0.25) is 14.8 Å². The summed E-state index contributed by atoms with van der Waals surface area (Å²) in [5.41, 5.74) is 0.851. The topological polar surface area (TPSA) is 77.6 Å². The quantitative estimate of drug-likeness (QED) is 0.688. The van der Waals surface area contributed by atoms with Crippen molar-refractivity contribution in [1.29, 1.82) is 0 Å². The van der Waals surface area contributed by atoms with Crippen molar-refractivity contribution in [3.05, 3.63) is 57.6 Å². The lowest BCUT2D eigenvalue weighted by atomic mass is 10.2. The largest absolute Gasteiger partial charge is 0.293 e. The van der Waals surface area contributed by atoms with Gasteiger partial charge in [-0.25, -0.2) is 9.67 Å². The van der Waals surface area contributed by atoms with E-state index < -0.39 is 0 Å². The minimum atomic E-state index is -0.214. The number of aryl methyl sites for hydroxylation is 1. The SMILES string of the molecule is O=C(CCn1cc(Cl)cn1)Nc1ncn(Cc2ccc(Cl)cc2Cl)n1. The highest BCUT2D eigenvalue weighted by Gasteiger charge is 2.09. The van der Waals surface area contributed by atoms with E-state index in [0.29, 0.717) is 28.2 Å². The van der Waals surface area contributed by atoms with Gasteiger partial charge in [-0.1, -0.05) is 40.9 Å². The Morgan fingerprint density at radius 3 is 2.72 bits per heavy atom. The molecule has 25 heavy (non-hydrogen) atoms. The van der Waals surface area contributed by atoms with Crippen LogP contribution in [0, 0.1) is 0 Å². The molecule has 0 saturated heterocycles. The van der Waals surface area contributed by atoms with Crippen molar-refractivity contribution in [2.75, 3.05) is 5.32 Å². The third-order valence-corrected chi connectivity index (χ3v) is 4.09. The first-order valence-corrected chi connectivity index (χ1v) is 8.44. The van der Waals surface area contributed by atoms with Crippen LogP contribution in [0.15, 0.2) is 36.9 Å². The second-order valence-corrected chi connectivity index (χ2v) is 6.50. The Bertz CT molecular complexity index is 891. The highest BCUT2D eigenvalue weighted by atomic mass is 35.5. The standard InChI is InChI=1S/C15H13Cl3N6O/c16-11-2-1-10(13(18)5-11)7-24-9-19-15(22-24)21-14(25)3-4-23-8-12(17)6-20-23/h1-2,5-6,8-9H,3-4,7H2,(H,21,22,25). The zero-order chi connectivity index (χ0) is 17.8. The first-order chi connectivity index (χ1) is 12.0. The van der Waals surface area contributed by atoms with Crippen molar-refractivity contribution in [2.24, 2.45) is 0 Å². The lowest BCUT2D eigenvalue weighted by Crippen LogP contribution is -2.16. The molecule has 1 aromatic carbocycles. The molecule has 130 valence electrons. The molecule has 1 amide bonds. The maximum absolute atomic E-state index is 11.9. The average molecular weight is 400 g/mol. The summed E-state index contributed by atoms with van der Waals surface area (Å²) in [5.74, 6) is 0.0162. The van der Waals surface area contributed by atoms with Gasteiger partial charge in [-0.05, 0) is 17.7 Å². The Morgan fingerprint density at radius 2 is 2.00 bits per heavy atom. The Kier molecular flexibility index (Phi) is 5.57. The maximum atomic E-state index is 11.9. The summed E-state index contributed by atoms with van der Waals surface area (Å²) in [5, 5.41) is 12.5. The average Bonchev–Trinajstić information content (AvgIpc) is 3.17. The molecule has 0 saturated carbocycles. The number of carbonyl (C=O) groups excluding carboxylic acids is 1. The summed E-state index contributed by atoms with van der Waals surface area (Å²) in [6.45, 7) is 0.838. The molecule has 0 aliphatic heterocycles. The molecular weight excluding hydrogens is 387 g/mol. The number of aromatic nitrogens is 5. The normalized spacial score (nSPS) is 10.8. The summed E-state index contributed by atoms with van der Waals surface area (Å²) in [6.07, 6.45) is 4.92. The van der Waals surface area contributed by atoms with Crippen LogP contribution in [-0.2, 0) is 17.9 Å². The van der Waals surface area contributed by atoms with E-state index in [4.69, 9.17) is 34.8 Å². The molecule has 0 fully saturated rings. The van der Waals surface area contributed by atoms with Crippen molar-refractivity contribution >= 4 is 46.7 Å². The summed E-state index contributed by atoms with van der Waals surface area (Å²) < 4.78 is 3.18. The van der Waals surface area contributed by atoms with Crippen molar-refractivity contribution in [3.63, 3.8) is 0 Å². The van der Waals surface area contributed by atoms with Crippen molar-refractivity contribution in [2.45, 2.75) is 19.5 Å².